The van der Waals surface area contributed by atoms with E-state index < -0.39 is 9.84 Å². The van der Waals surface area contributed by atoms with Crippen molar-refractivity contribution in [3.05, 3.63) is 0 Å². The summed E-state index contributed by atoms with van der Waals surface area (Å²) >= 11 is 0. The first-order valence-electron chi connectivity index (χ1n) is 8.80. The van der Waals surface area contributed by atoms with Crippen LogP contribution in [0.3, 0.4) is 0 Å². The minimum absolute atomic E-state index is 0.307. The first-order chi connectivity index (χ1) is 11.0. The molecule has 8 heteroatoms. The number of anilines is 1. The summed E-state index contributed by atoms with van der Waals surface area (Å²) in [4.78, 5) is 2.37. The van der Waals surface area contributed by atoms with Gasteiger partial charge < -0.3 is 4.90 Å². The number of hydrogen-bond acceptors (Lipinski definition) is 6. The fourth-order valence-corrected chi connectivity index (χ4v) is 6.53. The van der Waals surface area contributed by atoms with Gasteiger partial charge in [0.05, 0.1) is 17.5 Å². The number of aromatic nitrogens is 4. The van der Waals surface area contributed by atoms with Gasteiger partial charge in [-0.3, -0.25) is 0 Å². The van der Waals surface area contributed by atoms with Crippen LogP contribution in [0.2, 0.25) is 0 Å². The largest absolute Gasteiger partial charge is 0.334 e. The summed E-state index contributed by atoms with van der Waals surface area (Å²) < 4.78 is 26.3. The summed E-state index contributed by atoms with van der Waals surface area (Å²) in [7, 11) is -3.00. The minimum atomic E-state index is -3.00. The zero-order valence-electron chi connectivity index (χ0n) is 13.6. The molecule has 3 saturated heterocycles. The third-order valence-electron chi connectivity index (χ3n) is 5.80. The highest BCUT2D eigenvalue weighted by Crippen LogP contribution is 2.40. The van der Waals surface area contributed by atoms with Crippen LogP contribution in [-0.2, 0) is 16.4 Å². The van der Waals surface area contributed by atoms with Crippen LogP contribution in [0.5, 0.6) is 0 Å². The van der Waals surface area contributed by atoms with Crippen molar-refractivity contribution in [3.63, 3.8) is 0 Å². The fraction of sp³-hybridized carbons (Fsp3) is 0.933. The Labute approximate surface area is 137 Å². The number of rotatable bonds is 3. The molecule has 0 radical (unpaired) electrons. The molecule has 0 spiro atoms. The van der Waals surface area contributed by atoms with E-state index in [0.29, 0.717) is 24.4 Å². The van der Waals surface area contributed by atoms with Gasteiger partial charge in [0, 0.05) is 12.1 Å². The molecule has 4 rings (SSSR count). The number of tetrazole rings is 1. The number of fused-ring (bicyclic) bond motifs is 2. The van der Waals surface area contributed by atoms with Crippen LogP contribution in [0, 0.1) is 5.92 Å². The van der Waals surface area contributed by atoms with Crippen LogP contribution in [-0.4, -0.2) is 51.7 Å². The third kappa shape index (κ3) is 2.75. The van der Waals surface area contributed by atoms with Crippen molar-refractivity contribution in [2.24, 2.45) is 5.92 Å². The van der Waals surface area contributed by atoms with Crippen molar-refractivity contribution < 1.29 is 8.42 Å². The maximum atomic E-state index is 12.3. The van der Waals surface area contributed by atoms with E-state index in [1.54, 1.807) is 4.68 Å². The second-order valence-corrected chi connectivity index (χ2v) is 9.92. The van der Waals surface area contributed by atoms with E-state index in [2.05, 4.69) is 27.3 Å². The van der Waals surface area contributed by atoms with Crippen LogP contribution in [0.25, 0.3) is 0 Å². The quantitative estimate of drug-likeness (QED) is 0.828. The average molecular weight is 339 g/mol. The summed E-state index contributed by atoms with van der Waals surface area (Å²) in [5, 5.41) is 11.9. The Kier molecular flexibility index (Phi) is 3.82. The van der Waals surface area contributed by atoms with E-state index in [1.165, 1.54) is 25.7 Å². The summed E-state index contributed by atoms with van der Waals surface area (Å²) in [6, 6.07) is 1.02. The third-order valence-corrected chi connectivity index (χ3v) is 8.06. The van der Waals surface area contributed by atoms with Gasteiger partial charge in [-0.2, -0.15) is 0 Å². The van der Waals surface area contributed by atoms with Crippen molar-refractivity contribution in [2.45, 2.75) is 75.7 Å². The molecule has 0 aliphatic carbocycles. The highest BCUT2D eigenvalue weighted by Gasteiger charge is 2.42. The van der Waals surface area contributed by atoms with Gasteiger partial charge in [0.1, 0.15) is 0 Å². The molecule has 0 N–H and O–H groups in total. The predicted octanol–water partition coefficient (Wildman–Crippen LogP) is 1.41. The average Bonchev–Trinajstić information content (AvgIpc) is 3.03. The highest BCUT2D eigenvalue weighted by atomic mass is 32.2. The Morgan fingerprint density at radius 2 is 1.87 bits per heavy atom. The first-order valence-corrected chi connectivity index (χ1v) is 10.5. The molecule has 7 nitrogen and oxygen atoms in total. The highest BCUT2D eigenvalue weighted by molar-refractivity contribution is 7.92. The topological polar surface area (TPSA) is 81.0 Å². The molecule has 3 aliphatic rings. The van der Waals surface area contributed by atoms with Gasteiger partial charge in [0.2, 0.25) is 5.95 Å². The number of hydrogen-bond donors (Lipinski definition) is 0. The molecule has 1 aromatic rings. The molecule has 0 aromatic carbocycles. The SMILES string of the molecule is CC1CC2CCC(C1)N2c1nnnn1CC1CCCCS1(=O)=O. The van der Waals surface area contributed by atoms with Gasteiger partial charge in [0.25, 0.3) is 0 Å². The molecule has 4 heterocycles. The van der Waals surface area contributed by atoms with E-state index in [1.807, 2.05) is 0 Å². The molecule has 3 unspecified atom stereocenters. The van der Waals surface area contributed by atoms with Crippen LogP contribution >= 0.6 is 0 Å². The van der Waals surface area contributed by atoms with Gasteiger partial charge in [0.15, 0.2) is 9.84 Å². The second-order valence-electron chi connectivity index (χ2n) is 7.51. The van der Waals surface area contributed by atoms with Crippen LogP contribution in [0.15, 0.2) is 0 Å². The molecule has 0 amide bonds. The van der Waals surface area contributed by atoms with Crippen LogP contribution in [0.1, 0.15) is 51.9 Å². The van der Waals surface area contributed by atoms with Crippen molar-refractivity contribution in [1.29, 1.82) is 0 Å². The molecule has 3 aliphatic heterocycles. The van der Waals surface area contributed by atoms with Crippen LogP contribution in [0.4, 0.5) is 5.95 Å². The van der Waals surface area contributed by atoms with E-state index in [0.717, 1.165) is 31.1 Å². The van der Waals surface area contributed by atoms with Gasteiger partial charge in [-0.25, -0.2) is 13.1 Å². The summed E-state index contributed by atoms with van der Waals surface area (Å²) in [6.45, 7) is 2.72. The summed E-state index contributed by atoms with van der Waals surface area (Å²) in [5.74, 6) is 1.85. The lowest BCUT2D eigenvalue weighted by Gasteiger charge is -2.38. The van der Waals surface area contributed by atoms with Crippen molar-refractivity contribution in [3.8, 4) is 0 Å². The van der Waals surface area contributed by atoms with Gasteiger partial charge in [-0.15, -0.1) is 0 Å². The number of sulfone groups is 1. The first kappa shape index (κ1) is 15.4. The van der Waals surface area contributed by atoms with Gasteiger partial charge >= 0.3 is 0 Å². The zero-order valence-corrected chi connectivity index (χ0v) is 14.5. The van der Waals surface area contributed by atoms with E-state index >= 15 is 0 Å². The Morgan fingerprint density at radius 1 is 1.13 bits per heavy atom. The summed E-state index contributed by atoms with van der Waals surface area (Å²) in [6.07, 6.45) is 7.26. The van der Waals surface area contributed by atoms with Gasteiger partial charge in [-0.05, 0) is 54.9 Å². The Balaban J connectivity index is 1.57. The molecule has 3 atom stereocenters. The molecule has 0 saturated carbocycles. The van der Waals surface area contributed by atoms with Crippen molar-refractivity contribution in [2.75, 3.05) is 10.7 Å². The molecule has 2 bridgehead atoms. The number of nitrogens with zero attached hydrogens (tertiary/aromatic N) is 5. The second kappa shape index (κ2) is 5.72. The molecular formula is C15H25N5O2S. The smallest absolute Gasteiger partial charge is 0.246 e. The summed E-state index contributed by atoms with van der Waals surface area (Å²) in [5.41, 5.74) is 0. The fourth-order valence-electron chi connectivity index (χ4n) is 4.70. The van der Waals surface area contributed by atoms with E-state index in [9.17, 15) is 8.42 Å². The normalized spacial score (nSPS) is 36.3. The van der Waals surface area contributed by atoms with E-state index in [-0.39, 0.29) is 5.25 Å². The van der Waals surface area contributed by atoms with Crippen molar-refractivity contribution >= 4 is 15.8 Å². The van der Waals surface area contributed by atoms with Crippen molar-refractivity contribution in [1.82, 2.24) is 20.2 Å². The Hall–Kier alpha value is -1.18. The van der Waals surface area contributed by atoms with Crippen LogP contribution < -0.4 is 4.90 Å². The number of piperidine rings is 1. The minimum Gasteiger partial charge on any atom is -0.334 e. The standard InChI is InChI=1S/C15H25N5O2S/c1-11-8-12-5-6-13(9-11)20(12)15-16-17-18-19(15)10-14-4-2-3-7-23(14,21)22/h11-14H,2-10H2,1H3. The lowest BCUT2D eigenvalue weighted by Crippen LogP contribution is -2.44. The molecular weight excluding hydrogens is 314 g/mol. The molecule has 128 valence electrons. The molecule has 1 aromatic heterocycles. The Bertz CT molecular complexity index is 659. The lowest BCUT2D eigenvalue weighted by molar-refractivity contribution is 0.353. The molecule has 23 heavy (non-hydrogen) atoms. The zero-order chi connectivity index (χ0) is 16.0. The molecule has 3 fully saturated rings. The monoisotopic (exact) mass is 339 g/mol. The predicted molar refractivity (Wildman–Crippen MR) is 86.9 cm³/mol. The Morgan fingerprint density at radius 3 is 2.57 bits per heavy atom. The van der Waals surface area contributed by atoms with Gasteiger partial charge in [-0.1, -0.05) is 18.4 Å². The maximum Gasteiger partial charge on any atom is 0.246 e. The van der Waals surface area contributed by atoms with E-state index in [4.69, 9.17) is 0 Å². The maximum absolute atomic E-state index is 12.3. The lowest BCUT2D eigenvalue weighted by atomic mass is 9.93.